The van der Waals surface area contributed by atoms with E-state index in [4.69, 9.17) is 12.2 Å². The van der Waals surface area contributed by atoms with Crippen molar-refractivity contribution in [2.24, 2.45) is 5.92 Å². The summed E-state index contributed by atoms with van der Waals surface area (Å²) in [5, 5.41) is 9.32. The SMILES string of the molecule is CC(C)[C@@H](C(=O)O)N1C(=O)/C(=C/c2ccccn2)SC1=S. The minimum absolute atomic E-state index is 0.237. The Labute approximate surface area is 132 Å². The molecule has 1 aromatic rings. The number of carboxylic acids is 1. The van der Waals surface area contributed by atoms with Gasteiger partial charge in [0, 0.05) is 6.20 Å². The van der Waals surface area contributed by atoms with Crippen molar-refractivity contribution in [3.8, 4) is 0 Å². The Hall–Kier alpha value is -1.73. The van der Waals surface area contributed by atoms with Crippen LogP contribution in [0.5, 0.6) is 0 Å². The van der Waals surface area contributed by atoms with Gasteiger partial charge < -0.3 is 5.11 Å². The molecule has 1 atom stereocenters. The van der Waals surface area contributed by atoms with E-state index in [1.54, 1.807) is 38.3 Å². The number of hydrogen-bond acceptors (Lipinski definition) is 5. The summed E-state index contributed by atoms with van der Waals surface area (Å²) in [5.41, 5.74) is 0.634. The third-order valence-corrected chi connectivity index (χ3v) is 4.28. The summed E-state index contributed by atoms with van der Waals surface area (Å²) in [6.45, 7) is 3.50. The summed E-state index contributed by atoms with van der Waals surface area (Å²) in [6.07, 6.45) is 3.25. The van der Waals surface area contributed by atoms with Gasteiger partial charge >= 0.3 is 5.97 Å². The lowest BCUT2D eigenvalue weighted by Gasteiger charge is -2.26. The molecule has 1 saturated heterocycles. The van der Waals surface area contributed by atoms with Crippen LogP contribution in [0.15, 0.2) is 29.3 Å². The van der Waals surface area contributed by atoms with Gasteiger partial charge in [-0.3, -0.25) is 14.7 Å². The second-order valence-electron chi connectivity index (χ2n) is 4.83. The molecule has 1 aliphatic heterocycles. The average Bonchev–Trinajstić information content (AvgIpc) is 2.67. The van der Waals surface area contributed by atoms with Crippen molar-refractivity contribution in [2.75, 3.05) is 0 Å². The molecule has 110 valence electrons. The van der Waals surface area contributed by atoms with E-state index >= 15 is 0 Å². The molecule has 0 bridgehead atoms. The number of aromatic nitrogens is 1. The lowest BCUT2D eigenvalue weighted by atomic mass is 10.0. The number of pyridine rings is 1. The Balaban J connectivity index is 2.32. The van der Waals surface area contributed by atoms with Gasteiger partial charge in [-0.25, -0.2) is 4.79 Å². The van der Waals surface area contributed by atoms with Gasteiger partial charge in [0.05, 0.1) is 10.6 Å². The molecule has 2 rings (SSSR count). The average molecular weight is 322 g/mol. The van der Waals surface area contributed by atoms with Crippen molar-refractivity contribution in [2.45, 2.75) is 19.9 Å². The third kappa shape index (κ3) is 3.30. The van der Waals surface area contributed by atoms with E-state index in [1.807, 2.05) is 6.07 Å². The van der Waals surface area contributed by atoms with Crippen molar-refractivity contribution < 1.29 is 14.7 Å². The fourth-order valence-corrected chi connectivity index (χ4v) is 3.32. The van der Waals surface area contributed by atoms with Gasteiger partial charge in [-0.05, 0) is 24.1 Å². The molecule has 0 aromatic carbocycles. The molecule has 1 fully saturated rings. The normalized spacial score (nSPS) is 18.6. The zero-order chi connectivity index (χ0) is 15.6. The van der Waals surface area contributed by atoms with Gasteiger partial charge in [-0.2, -0.15) is 0 Å². The van der Waals surface area contributed by atoms with Crippen molar-refractivity contribution >= 4 is 46.3 Å². The molecule has 1 aromatic heterocycles. The van der Waals surface area contributed by atoms with E-state index in [9.17, 15) is 14.7 Å². The standard InChI is InChI=1S/C14H14N2O3S2/c1-8(2)11(13(18)19)16-12(17)10(21-14(16)20)7-9-5-3-4-6-15-9/h3-8,11H,1-2H3,(H,18,19)/b10-7-/t11-/m0/s1. The van der Waals surface area contributed by atoms with Crippen LogP contribution >= 0.6 is 24.0 Å². The summed E-state index contributed by atoms with van der Waals surface area (Å²) < 4.78 is 0.267. The molecule has 2 heterocycles. The van der Waals surface area contributed by atoms with Crippen LogP contribution in [0.2, 0.25) is 0 Å². The molecule has 0 saturated carbocycles. The number of thioether (sulfide) groups is 1. The zero-order valence-electron chi connectivity index (χ0n) is 11.5. The fraction of sp³-hybridized carbons (Fsp3) is 0.286. The van der Waals surface area contributed by atoms with Gasteiger partial charge in [0.15, 0.2) is 0 Å². The molecule has 1 aliphatic rings. The third-order valence-electron chi connectivity index (χ3n) is 2.95. The summed E-state index contributed by atoms with van der Waals surface area (Å²) >= 11 is 6.27. The quantitative estimate of drug-likeness (QED) is 0.678. The van der Waals surface area contributed by atoms with E-state index in [0.29, 0.717) is 10.6 Å². The molecule has 0 aliphatic carbocycles. The predicted octanol–water partition coefficient (Wildman–Crippen LogP) is 2.39. The van der Waals surface area contributed by atoms with Crippen LogP contribution in [0.1, 0.15) is 19.5 Å². The Morgan fingerprint density at radius 2 is 2.19 bits per heavy atom. The smallest absolute Gasteiger partial charge is 0.327 e. The summed E-state index contributed by atoms with van der Waals surface area (Å²) in [5.74, 6) is -1.67. The largest absolute Gasteiger partial charge is 0.480 e. The lowest BCUT2D eigenvalue weighted by molar-refractivity contribution is -0.146. The van der Waals surface area contributed by atoms with Crippen molar-refractivity contribution in [3.05, 3.63) is 35.0 Å². The summed E-state index contributed by atoms with van der Waals surface area (Å²) in [4.78, 5) is 29.5. The van der Waals surface area contributed by atoms with Crippen molar-refractivity contribution in [1.29, 1.82) is 0 Å². The van der Waals surface area contributed by atoms with Crippen LogP contribution in [0.4, 0.5) is 0 Å². The number of thiocarbonyl (C=S) groups is 1. The van der Waals surface area contributed by atoms with E-state index in [-0.39, 0.29) is 16.1 Å². The van der Waals surface area contributed by atoms with Gasteiger partial charge in [-0.15, -0.1) is 0 Å². The monoisotopic (exact) mass is 322 g/mol. The summed E-state index contributed by atoms with van der Waals surface area (Å²) in [7, 11) is 0. The summed E-state index contributed by atoms with van der Waals surface area (Å²) in [6, 6.07) is 4.41. The molecule has 21 heavy (non-hydrogen) atoms. The van der Waals surface area contributed by atoms with Crippen LogP contribution in [0, 0.1) is 5.92 Å². The van der Waals surface area contributed by atoms with Crippen LogP contribution < -0.4 is 0 Å². The highest BCUT2D eigenvalue weighted by Crippen LogP contribution is 2.35. The first-order valence-corrected chi connectivity index (χ1v) is 7.55. The Kier molecular flexibility index (Phi) is 4.74. The molecule has 0 spiro atoms. The lowest BCUT2D eigenvalue weighted by Crippen LogP contribution is -2.47. The number of rotatable bonds is 4. The molecular weight excluding hydrogens is 308 g/mol. The first kappa shape index (κ1) is 15.7. The molecular formula is C14H14N2O3S2. The van der Waals surface area contributed by atoms with Gasteiger partial charge in [0.25, 0.3) is 5.91 Å². The predicted molar refractivity (Wildman–Crippen MR) is 85.5 cm³/mol. The maximum absolute atomic E-state index is 12.4. The Bertz CT molecular complexity index is 614. The number of amides is 1. The molecule has 1 amide bonds. The van der Waals surface area contributed by atoms with Gasteiger partial charge in [-0.1, -0.05) is 43.9 Å². The Morgan fingerprint density at radius 3 is 2.71 bits per heavy atom. The van der Waals surface area contributed by atoms with Crippen LogP contribution in [-0.4, -0.2) is 37.2 Å². The minimum Gasteiger partial charge on any atom is -0.480 e. The number of aliphatic carboxylic acids is 1. The highest BCUT2D eigenvalue weighted by atomic mass is 32.2. The molecule has 0 radical (unpaired) electrons. The number of nitrogens with zero attached hydrogens (tertiary/aromatic N) is 2. The number of carbonyl (C=O) groups is 2. The van der Waals surface area contributed by atoms with Crippen molar-refractivity contribution in [3.63, 3.8) is 0 Å². The van der Waals surface area contributed by atoms with Gasteiger partial charge in [0.2, 0.25) is 0 Å². The number of carbonyl (C=O) groups excluding carboxylic acids is 1. The Morgan fingerprint density at radius 1 is 1.48 bits per heavy atom. The highest BCUT2D eigenvalue weighted by molar-refractivity contribution is 8.26. The maximum Gasteiger partial charge on any atom is 0.327 e. The molecule has 7 heteroatoms. The fourth-order valence-electron chi connectivity index (χ4n) is 2.01. The van der Waals surface area contributed by atoms with Crippen molar-refractivity contribution in [1.82, 2.24) is 9.88 Å². The van der Waals surface area contributed by atoms with Gasteiger partial charge in [0.1, 0.15) is 10.4 Å². The minimum atomic E-state index is -1.06. The van der Waals surface area contributed by atoms with Crippen LogP contribution in [0.3, 0.4) is 0 Å². The number of carboxylic acid groups (broad SMARTS) is 1. The molecule has 5 nitrogen and oxygen atoms in total. The first-order valence-electron chi connectivity index (χ1n) is 6.32. The maximum atomic E-state index is 12.4. The van der Waals surface area contributed by atoms with E-state index in [1.165, 1.54) is 4.90 Å². The molecule has 1 N–H and O–H groups in total. The van der Waals surface area contributed by atoms with E-state index in [2.05, 4.69) is 4.98 Å². The van der Waals surface area contributed by atoms with E-state index in [0.717, 1.165) is 11.8 Å². The van der Waals surface area contributed by atoms with Crippen LogP contribution in [0.25, 0.3) is 6.08 Å². The van der Waals surface area contributed by atoms with Crippen LogP contribution in [-0.2, 0) is 9.59 Å². The zero-order valence-corrected chi connectivity index (χ0v) is 13.1. The van der Waals surface area contributed by atoms with E-state index < -0.39 is 12.0 Å². The highest BCUT2D eigenvalue weighted by Gasteiger charge is 2.41. The molecule has 0 unspecified atom stereocenters. The first-order chi connectivity index (χ1) is 9.91. The topological polar surface area (TPSA) is 70.5 Å². The second-order valence-corrected chi connectivity index (χ2v) is 6.51. The second kappa shape index (κ2) is 6.36. The number of hydrogen-bond donors (Lipinski definition) is 1.